The fourth-order valence-electron chi connectivity index (χ4n) is 3.58. The summed E-state index contributed by atoms with van der Waals surface area (Å²) in [5.74, 6) is 0.259. The molecule has 1 unspecified atom stereocenters. The number of carbonyl (C=O) groups is 1. The lowest BCUT2D eigenvalue weighted by molar-refractivity contribution is -0.114. The third-order valence-electron chi connectivity index (χ3n) is 5.50. The number of carbonyl (C=O) groups excluding carboxylic acids is 1. The maximum atomic E-state index is 11.3. The third-order valence-corrected chi connectivity index (χ3v) is 7.08. The smallest absolute Gasteiger partial charge is 0.247 e. The molecule has 0 aromatic carbocycles. The van der Waals surface area contributed by atoms with Crippen LogP contribution in [0.2, 0.25) is 0 Å². The fourth-order valence-corrected chi connectivity index (χ4v) is 5.02. The summed E-state index contributed by atoms with van der Waals surface area (Å²) < 4.78 is 0. The Morgan fingerprint density at radius 2 is 1.97 bits per heavy atom. The van der Waals surface area contributed by atoms with Gasteiger partial charge in [0.15, 0.2) is 0 Å². The highest BCUT2D eigenvalue weighted by atomic mass is 32.2. The number of hydrogen-bond donors (Lipinski definition) is 2. The highest BCUT2D eigenvalue weighted by molar-refractivity contribution is 8.04. The summed E-state index contributed by atoms with van der Waals surface area (Å²) in [4.78, 5) is 18.9. The second-order valence-electron chi connectivity index (χ2n) is 8.27. The van der Waals surface area contributed by atoms with Gasteiger partial charge in [-0.2, -0.15) is 0 Å². The van der Waals surface area contributed by atoms with Gasteiger partial charge in [-0.05, 0) is 32.1 Å². The first kappa shape index (κ1) is 26.5. The molecule has 6 heteroatoms. The highest BCUT2D eigenvalue weighted by Crippen LogP contribution is 2.36. The standard InChI is InChI=1S/C13H20N2OS.C11H22N2/c1-9-12(11(8-15-9)13(14)16)17-10-6-4-2-3-5-7-10;1-5-6-7-10(2)9-13(4)11(3)8-12/h10H,2-8H2,1H3,(H2,14,16);6-7,10H,3,5,8-9,12H2,1-2,4H3. The first-order valence-electron chi connectivity index (χ1n) is 11.3. The van der Waals surface area contributed by atoms with Crippen molar-refractivity contribution in [2.75, 3.05) is 26.7 Å². The number of likely N-dealkylation sites (N-methyl/N-ethyl adjacent to an activating group) is 1. The van der Waals surface area contributed by atoms with Crippen molar-refractivity contribution in [3.05, 3.63) is 34.9 Å². The molecule has 0 spiro atoms. The molecule has 1 heterocycles. The number of amides is 1. The van der Waals surface area contributed by atoms with Crippen molar-refractivity contribution < 1.29 is 4.79 Å². The monoisotopic (exact) mass is 434 g/mol. The predicted octanol–water partition coefficient (Wildman–Crippen LogP) is 4.65. The summed E-state index contributed by atoms with van der Waals surface area (Å²) >= 11 is 1.83. The average molecular weight is 435 g/mol. The molecule has 5 nitrogen and oxygen atoms in total. The number of allylic oxidation sites excluding steroid dienone is 2. The molecule has 1 aliphatic carbocycles. The first-order chi connectivity index (χ1) is 14.3. The largest absolute Gasteiger partial charge is 0.377 e. The highest BCUT2D eigenvalue weighted by Gasteiger charge is 2.24. The van der Waals surface area contributed by atoms with E-state index in [1.807, 2.05) is 25.7 Å². The molecule has 1 atom stereocenters. The maximum absolute atomic E-state index is 11.3. The number of thioether (sulfide) groups is 1. The van der Waals surface area contributed by atoms with Crippen LogP contribution in [0.3, 0.4) is 0 Å². The number of hydrogen-bond acceptors (Lipinski definition) is 5. The molecule has 0 aromatic rings. The van der Waals surface area contributed by atoms with E-state index in [0.717, 1.165) is 34.9 Å². The van der Waals surface area contributed by atoms with Gasteiger partial charge in [0.1, 0.15) is 0 Å². The molecule has 0 radical (unpaired) electrons. The van der Waals surface area contributed by atoms with E-state index in [1.54, 1.807) is 0 Å². The number of nitrogens with zero attached hydrogens (tertiary/aromatic N) is 2. The van der Waals surface area contributed by atoms with Crippen LogP contribution in [0.25, 0.3) is 0 Å². The molecule has 1 fully saturated rings. The zero-order chi connectivity index (χ0) is 22.5. The lowest BCUT2D eigenvalue weighted by Crippen LogP contribution is -2.26. The van der Waals surface area contributed by atoms with E-state index in [-0.39, 0.29) is 5.91 Å². The molecule has 1 aliphatic heterocycles. The Hall–Kier alpha value is -1.53. The second-order valence-corrected chi connectivity index (χ2v) is 9.58. The van der Waals surface area contributed by atoms with Crippen molar-refractivity contribution in [2.24, 2.45) is 22.4 Å². The van der Waals surface area contributed by atoms with Gasteiger partial charge in [0, 0.05) is 41.7 Å². The van der Waals surface area contributed by atoms with Gasteiger partial charge < -0.3 is 16.4 Å². The number of rotatable bonds is 9. The van der Waals surface area contributed by atoms with E-state index in [4.69, 9.17) is 11.5 Å². The Labute approximate surface area is 188 Å². The van der Waals surface area contributed by atoms with E-state index in [0.29, 0.717) is 24.3 Å². The van der Waals surface area contributed by atoms with Crippen LogP contribution in [-0.4, -0.2) is 48.5 Å². The summed E-state index contributed by atoms with van der Waals surface area (Å²) in [5.41, 5.74) is 13.6. The van der Waals surface area contributed by atoms with Gasteiger partial charge in [-0.25, -0.2) is 0 Å². The summed E-state index contributed by atoms with van der Waals surface area (Å²) in [6.45, 7) is 12.2. The number of nitrogens with two attached hydrogens (primary N) is 2. The Morgan fingerprint density at radius 1 is 1.33 bits per heavy atom. The minimum atomic E-state index is -0.304. The minimum Gasteiger partial charge on any atom is -0.377 e. The molecular weight excluding hydrogens is 392 g/mol. The molecular formula is C24H42N4OS. The Morgan fingerprint density at radius 3 is 2.50 bits per heavy atom. The lowest BCUT2D eigenvalue weighted by Gasteiger charge is -2.22. The van der Waals surface area contributed by atoms with Crippen molar-refractivity contribution in [3.8, 4) is 0 Å². The van der Waals surface area contributed by atoms with Gasteiger partial charge in [0.2, 0.25) is 5.91 Å². The van der Waals surface area contributed by atoms with E-state index in [9.17, 15) is 4.79 Å². The molecule has 170 valence electrons. The van der Waals surface area contributed by atoms with Gasteiger partial charge in [0.25, 0.3) is 0 Å². The van der Waals surface area contributed by atoms with E-state index >= 15 is 0 Å². The number of primary amides is 1. The van der Waals surface area contributed by atoms with Crippen molar-refractivity contribution in [1.29, 1.82) is 0 Å². The van der Waals surface area contributed by atoms with Crippen molar-refractivity contribution in [3.63, 3.8) is 0 Å². The lowest BCUT2D eigenvalue weighted by atomic mass is 10.1. The SMILES string of the molecule is C=C(CN)N(C)CC(C)C=CCC.CC1=NCC(C(N)=O)=C1SC1CCCCCC1. The fraction of sp³-hybridized carbons (Fsp3) is 0.667. The zero-order valence-electron chi connectivity index (χ0n) is 19.5. The first-order valence-corrected chi connectivity index (χ1v) is 12.1. The molecule has 0 bridgehead atoms. The normalized spacial score (nSPS) is 18.5. The quantitative estimate of drug-likeness (QED) is 0.409. The Balaban J connectivity index is 0.000000314. The molecule has 1 saturated carbocycles. The maximum Gasteiger partial charge on any atom is 0.247 e. The Kier molecular flexibility index (Phi) is 12.8. The van der Waals surface area contributed by atoms with Crippen LogP contribution < -0.4 is 11.5 Å². The molecule has 0 aromatic heterocycles. The van der Waals surface area contributed by atoms with Gasteiger partial charge in [0.05, 0.1) is 12.1 Å². The molecule has 30 heavy (non-hydrogen) atoms. The summed E-state index contributed by atoms with van der Waals surface area (Å²) in [6.07, 6.45) is 13.4. The minimum absolute atomic E-state index is 0.304. The Bertz CT molecular complexity index is 646. The summed E-state index contributed by atoms with van der Waals surface area (Å²) in [5, 5.41) is 0.644. The van der Waals surface area contributed by atoms with E-state index in [2.05, 4.69) is 42.5 Å². The van der Waals surface area contributed by atoms with Crippen LogP contribution in [-0.2, 0) is 4.79 Å². The van der Waals surface area contributed by atoms with E-state index < -0.39 is 0 Å². The predicted molar refractivity (Wildman–Crippen MR) is 133 cm³/mol. The van der Waals surface area contributed by atoms with Crippen LogP contribution in [0.1, 0.15) is 65.7 Å². The topological polar surface area (TPSA) is 84.7 Å². The molecule has 2 rings (SSSR count). The molecule has 1 amide bonds. The van der Waals surface area contributed by atoms with Crippen LogP contribution in [0.5, 0.6) is 0 Å². The zero-order valence-corrected chi connectivity index (χ0v) is 20.3. The van der Waals surface area contributed by atoms with Gasteiger partial charge in [-0.1, -0.05) is 58.3 Å². The third kappa shape index (κ3) is 9.52. The average Bonchev–Trinajstić information content (AvgIpc) is 2.91. The van der Waals surface area contributed by atoms with Gasteiger partial charge in [-0.15, -0.1) is 11.8 Å². The number of aliphatic imine (C=N–C) groups is 1. The molecule has 2 aliphatic rings. The summed E-state index contributed by atoms with van der Waals surface area (Å²) in [6, 6.07) is 0. The van der Waals surface area contributed by atoms with Crippen molar-refractivity contribution in [2.45, 2.75) is 71.0 Å². The van der Waals surface area contributed by atoms with Crippen LogP contribution >= 0.6 is 11.8 Å². The van der Waals surface area contributed by atoms with Crippen LogP contribution in [0.4, 0.5) is 0 Å². The summed E-state index contributed by atoms with van der Waals surface area (Å²) in [7, 11) is 2.03. The second kappa shape index (κ2) is 14.5. The van der Waals surface area contributed by atoms with Gasteiger partial charge >= 0.3 is 0 Å². The molecule has 0 saturated heterocycles. The van der Waals surface area contributed by atoms with Crippen LogP contribution in [0, 0.1) is 5.92 Å². The van der Waals surface area contributed by atoms with Crippen molar-refractivity contribution >= 4 is 23.4 Å². The van der Waals surface area contributed by atoms with E-state index in [1.165, 1.54) is 38.5 Å². The molecule has 4 N–H and O–H groups in total. The van der Waals surface area contributed by atoms with Gasteiger partial charge in [-0.3, -0.25) is 9.79 Å². The van der Waals surface area contributed by atoms with Crippen LogP contribution in [0.15, 0.2) is 39.9 Å². The van der Waals surface area contributed by atoms with Crippen molar-refractivity contribution in [1.82, 2.24) is 4.90 Å².